The van der Waals surface area contributed by atoms with Crippen LogP contribution < -0.4 is 10.1 Å². The molecule has 5 nitrogen and oxygen atoms in total. The molecule has 0 aliphatic rings. The van der Waals surface area contributed by atoms with Crippen LogP contribution in [-0.2, 0) is 4.74 Å². The van der Waals surface area contributed by atoms with Crippen LogP contribution in [-0.4, -0.2) is 31.2 Å². The Bertz CT molecular complexity index is 644. The number of anilines is 1. The molecule has 0 spiro atoms. The van der Waals surface area contributed by atoms with E-state index in [2.05, 4.69) is 10.3 Å². The van der Waals surface area contributed by atoms with Gasteiger partial charge in [-0.05, 0) is 31.2 Å². The predicted molar refractivity (Wildman–Crippen MR) is 80.7 cm³/mol. The summed E-state index contributed by atoms with van der Waals surface area (Å²) in [5.74, 6) is -0.460. The van der Waals surface area contributed by atoms with Gasteiger partial charge in [-0.1, -0.05) is 0 Å². The van der Waals surface area contributed by atoms with E-state index in [1.165, 1.54) is 24.4 Å². The number of methoxy groups -OCH3 is 1. The lowest BCUT2D eigenvalue weighted by Gasteiger charge is -2.12. The van der Waals surface area contributed by atoms with Crippen LogP contribution in [0.5, 0.6) is 5.75 Å². The molecule has 0 aliphatic heterocycles. The highest BCUT2D eigenvalue weighted by Crippen LogP contribution is 2.26. The van der Waals surface area contributed by atoms with Crippen molar-refractivity contribution >= 4 is 11.6 Å². The van der Waals surface area contributed by atoms with Crippen molar-refractivity contribution in [3.05, 3.63) is 53.6 Å². The topological polar surface area (TPSA) is 60.5 Å². The fourth-order valence-corrected chi connectivity index (χ4v) is 1.76. The second-order valence-corrected chi connectivity index (χ2v) is 4.62. The first-order valence-corrected chi connectivity index (χ1v) is 6.75. The molecule has 0 atom stereocenters. The third-order valence-corrected chi connectivity index (χ3v) is 2.91. The van der Waals surface area contributed by atoms with E-state index in [9.17, 15) is 9.18 Å². The van der Waals surface area contributed by atoms with Crippen LogP contribution in [0, 0.1) is 12.7 Å². The molecule has 22 heavy (non-hydrogen) atoms. The minimum Gasteiger partial charge on any atom is -0.489 e. The SMILES string of the molecule is COCCOc1ccc(F)cc1NC(=O)c1ccc(C)nc1. The van der Waals surface area contributed by atoms with Gasteiger partial charge < -0.3 is 14.8 Å². The molecule has 6 heteroatoms. The van der Waals surface area contributed by atoms with Crippen LogP contribution >= 0.6 is 0 Å². The van der Waals surface area contributed by atoms with E-state index < -0.39 is 5.82 Å². The van der Waals surface area contributed by atoms with Gasteiger partial charge in [0.05, 0.1) is 17.9 Å². The highest BCUT2D eigenvalue weighted by atomic mass is 19.1. The van der Waals surface area contributed by atoms with E-state index in [1.807, 2.05) is 6.92 Å². The van der Waals surface area contributed by atoms with E-state index in [1.54, 1.807) is 19.2 Å². The van der Waals surface area contributed by atoms with E-state index in [0.29, 0.717) is 24.5 Å². The molecule has 0 unspecified atom stereocenters. The third kappa shape index (κ3) is 4.26. The number of ether oxygens (including phenoxy) is 2. The number of carbonyl (C=O) groups is 1. The van der Waals surface area contributed by atoms with Gasteiger partial charge in [0.2, 0.25) is 0 Å². The maximum absolute atomic E-state index is 13.4. The average Bonchev–Trinajstić information content (AvgIpc) is 2.50. The van der Waals surface area contributed by atoms with Gasteiger partial charge >= 0.3 is 0 Å². The van der Waals surface area contributed by atoms with Crippen LogP contribution in [0.15, 0.2) is 36.5 Å². The van der Waals surface area contributed by atoms with Crippen molar-refractivity contribution in [2.24, 2.45) is 0 Å². The van der Waals surface area contributed by atoms with Crippen molar-refractivity contribution in [3.8, 4) is 5.75 Å². The normalized spacial score (nSPS) is 10.3. The highest BCUT2D eigenvalue weighted by Gasteiger charge is 2.11. The first-order valence-electron chi connectivity index (χ1n) is 6.75. The minimum absolute atomic E-state index is 0.265. The lowest BCUT2D eigenvalue weighted by molar-refractivity contribution is 0.102. The van der Waals surface area contributed by atoms with Gasteiger partial charge in [-0.3, -0.25) is 9.78 Å². The Hall–Kier alpha value is -2.47. The average molecular weight is 304 g/mol. The number of rotatable bonds is 6. The smallest absolute Gasteiger partial charge is 0.257 e. The zero-order valence-electron chi connectivity index (χ0n) is 12.4. The number of halogens is 1. The molecule has 1 heterocycles. The maximum atomic E-state index is 13.4. The summed E-state index contributed by atoms with van der Waals surface area (Å²) < 4.78 is 23.8. The van der Waals surface area contributed by atoms with Gasteiger partial charge in [-0.15, -0.1) is 0 Å². The van der Waals surface area contributed by atoms with Gasteiger partial charge in [0.1, 0.15) is 18.2 Å². The first-order chi connectivity index (χ1) is 10.6. The molecule has 116 valence electrons. The summed E-state index contributed by atoms with van der Waals surface area (Å²) in [4.78, 5) is 16.2. The molecule has 0 fully saturated rings. The zero-order valence-corrected chi connectivity index (χ0v) is 12.4. The van der Waals surface area contributed by atoms with Crippen molar-refractivity contribution < 1.29 is 18.7 Å². The molecular weight excluding hydrogens is 287 g/mol. The Morgan fingerprint density at radius 3 is 2.77 bits per heavy atom. The lowest BCUT2D eigenvalue weighted by Crippen LogP contribution is -2.14. The Morgan fingerprint density at radius 1 is 1.27 bits per heavy atom. The Kier molecular flexibility index (Phi) is 5.43. The van der Waals surface area contributed by atoms with E-state index in [4.69, 9.17) is 9.47 Å². The van der Waals surface area contributed by atoms with Crippen LogP contribution in [0.1, 0.15) is 16.1 Å². The Balaban J connectivity index is 2.14. The number of nitrogens with zero attached hydrogens (tertiary/aromatic N) is 1. The summed E-state index contributed by atoms with van der Waals surface area (Å²) in [7, 11) is 1.56. The molecule has 1 aromatic heterocycles. The van der Waals surface area contributed by atoms with Crippen molar-refractivity contribution in [3.63, 3.8) is 0 Å². The number of aromatic nitrogens is 1. The van der Waals surface area contributed by atoms with Crippen LogP contribution in [0.4, 0.5) is 10.1 Å². The summed E-state index contributed by atoms with van der Waals surface area (Å²) in [5.41, 5.74) is 1.46. The van der Waals surface area contributed by atoms with Crippen LogP contribution in [0.2, 0.25) is 0 Å². The van der Waals surface area contributed by atoms with E-state index in [-0.39, 0.29) is 11.6 Å². The summed E-state index contributed by atoms with van der Waals surface area (Å²) in [6.07, 6.45) is 1.47. The highest BCUT2D eigenvalue weighted by molar-refractivity contribution is 6.04. The molecule has 2 rings (SSSR count). The molecule has 0 bridgehead atoms. The standard InChI is InChI=1S/C16H17FN2O3/c1-11-3-4-12(10-18-11)16(20)19-14-9-13(17)5-6-15(14)22-8-7-21-2/h3-6,9-10H,7-8H2,1-2H3,(H,19,20). The monoisotopic (exact) mass is 304 g/mol. The number of hydrogen-bond donors (Lipinski definition) is 1. The van der Waals surface area contributed by atoms with E-state index >= 15 is 0 Å². The molecule has 2 aromatic rings. The maximum Gasteiger partial charge on any atom is 0.257 e. The van der Waals surface area contributed by atoms with Crippen molar-refractivity contribution in [1.29, 1.82) is 0 Å². The number of amides is 1. The molecule has 1 aromatic carbocycles. The molecule has 0 saturated carbocycles. The summed E-state index contributed by atoms with van der Waals surface area (Å²) in [6.45, 7) is 2.53. The summed E-state index contributed by atoms with van der Waals surface area (Å²) in [6, 6.07) is 7.33. The summed E-state index contributed by atoms with van der Waals surface area (Å²) in [5, 5.41) is 2.63. The second-order valence-electron chi connectivity index (χ2n) is 4.62. The molecule has 1 amide bonds. The zero-order chi connectivity index (χ0) is 15.9. The van der Waals surface area contributed by atoms with Gasteiger partial charge in [0, 0.05) is 25.1 Å². The second kappa shape index (κ2) is 7.51. The lowest BCUT2D eigenvalue weighted by atomic mass is 10.2. The van der Waals surface area contributed by atoms with Gasteiger partial charge in [-0.2, -0.15) is 0 Å². The minimum atomic E-state index is -0.462. The largest absolute Gasteiger partial charge is 0.489 e. The Labute approximate surface area is 128 Å². The number of hydrogen-bond acceptors (Lipinski definition) is 4. The molecule has 0 radical (unpaired) electrons. The van der Waals surface area contributed by atoms with Gasteiger partial charge in [0.15, 0.2) is 0 Å². The number of pyridine rings is 1. The predicted octanol–water partition coefficient (Wildman–Crippen LogP) is 2.81. The first kappa shape index (κ1) is 15.9. The van der Waals surface area contributed by atoms with Crippen molar-refractivity contribution in [2.45, 2.75) is 6.92 Å². The fourth-order valence-electron chi connectivity index (χ4n) is 1.76. The molecule has 1 N–H and O–H groups in total. The quantitative estimate of drug-likeness (QED) is 0.834. The summed E-state index contributed by atoms with van der Waals surface area (Å²) >= 11 is 0. The fraction of sp³-hybridized carbons (Fsp3) is 0.250. The molecule has 0 saturated heterocycles. The number of nitrogens with one attached hydrogen (secondary N) is 1. The number of benzene rings is 1. The molecular formula is C16H17FN2O3. The van der Waals surface area contributed by atoms with Gasteiger partial charge in [-0.25, -0.2) is 4.39 Å². The van der Waals surface area contributed by atoms with Crippen LogP contribution in [0.3, 0.4) is 0 Å². The number of carbonyl (C=O) groups excluding carboxylic acids is 1. The van der Waals surface area contributed by atoms with E-state index in [0.717, 1.165) is 5.69 Å². The van der Waals surface area contributed by atoms with Gasteiger partial charge in [0.25, 0.3) is 5.91 Å². The number of aryl methyl sites for hydroxylation is 1. The Morgan fingerprint density at radius 2 is 2.09 bits per heavy atom. The van der Waals surface area contributed by atoms with Crippen LogP contribution in [0.25, 0.3) is 0 Å². The third-order valence-electron chi connectivity index (χ3n) is 2.91. The molecule has 0 aliphatic carbocycles. The van der Waals surface area contributed by atoms with Crippen molar-refractivity contribution in [1.82, 2.24) is 4.98 Å². The van der Waals surface area contributed by atoms with Crippen molar-refractivity contribution in [2.75, 3.05) is 25.6 Å².